The second-order valence-corrected chi connectivity index (χ2v) is 9.82. The fourth-order valence-electron chi connectivity index (χ4n) is 4.41. The van der Waals surface area contributed by atoms with Crippen molar-refractivity contribution in [2.24, 2.45) is 0 Å². The number of likely N-dealkylation sites (tertiary alicyclic amines) is 1. The number of nitrogen functional groups attached to an aromatic ring is 1. The summed E-state index contributed by atoms with van der Waals surface area (Å²) in [5, 5.41) is 12.6. The third-order valence-electron chi connectivity index (χ3n) is 6.12. The normalized spacial score (nSPS) is 20.6. The maximum Gasteiger partial charge on any atom is 0.128 e. The highest BCUT2D eigenvalue weighted by molar-refractivity contribution is 7.19. The summed E-state index contributed by atoms with van der Waals surface area (Å²) in [6.07, 6.45) is 3.28. The lowest BCUT2D eigenvalue weighted by Gasteiger charge is -2.38. The molecular weight excluding hydrogens is 428 g/mol. The van der Waals surface area contributed by atoms with E-state index in [-0.39, 0.29) is 6.61 Å². The fraction of sp³-hybridized carbons (Fsp3) is 0.360. The zero-order chi connectivity index (χ0) is 22.0. The van der Waals surface area contributed by atoms with Gasteiger partial charge >= 0.3 is 0 Å². The maximum absolute atomic E-state index is 10.6. The summed E-state index contributed by atoms with van der Waals surface area (Å²) in [6.45, 7) is 7.82. The average Bonchev–Trinajstić information content (AvgIpc) is 3.19. The van der Waals surface area contributed by atoms with Gasteiger partial charge in [0.2, 0.25) is 0 Å². The topological polar surface area (TPSA) is 58.7 Å². The number of rotatable bonds is 7. The molecule has 0 saturated carbocycles. The number of thiophene rings is 1. The second kappa shape index (κ2) is 9.61. The van der Waals surface area contributed by atoms with Crippen LogP contribution in [0.1, 0.15) is 36.1 Å². The molecule has 3 N–H and O–H groups in total. The van der Waals surface area contributed by atoms with E-state index >= 15 is 0 Å². The monoisotopic (exact) mass is 456 g/mol. The number of nitrogens with zero attached hydrogens (tertiary/aromatic N) is 1. The molecule has 2 aromatic carbocycles. The number of hydrogen-bond donors (Lipinski definition) is 2. The van der Waals surface area contributed by atoms with Crippen molar-refractivity contribution in [3.63, 3.8) is 0 Å². The zero-order valence-electron chi connectivity index (χ0n) is 17.8. The van der Waals surface area contributed by atoms with Gasteiger partial charge in [0.25, 0.3) is 0 Å². The Bertz CT molecular complexity index is 1070. The van der Waals surface area contributed by atoms with Crippen molar-refractivity contribution in [2.45, 2.75) is 37.8 Å². The van der Waals surface area contributed by atoms with E-state index in [0.717, 1.165) is 35.4 Å². The first-order chi connectivity index (χ1) is 15.0. The Morgan fingerprint density at radius 2 is 2.16 bits per heavy atom. The van der Waals surface area contributed by atoms with Crippen LogP contribution >= 0.6 is 22.9 Å². The predicted octanol–water partition coefficient (Wildman–Crippen LogP) is 5.79. The van der Waals surface area contributed by atoms with E-state index in [1.165, 1.54) is 9.58 Å². The molecule has 0 aliphatic carbocycles. The van der Waals surface area contributed by atoms with Crippen LogP contribution in [-0.2, 0) is 0 Å². The minimum atomic E-state index is -0.568. The maximum atomic E-state index is 10.6. The van der Waals surface area contributed by atoms with Crippen LogP contribution in [0.4, 0.5) is 5.69 Å². The van der Waals surface area contributed by atoms with Crippen LogP contribution < -0.4 is 10.5 Å². The van der Waals surface area contributed by atoms with Crippen LogP contribution in [0.2, 0.25) is 5.02 Å². The number of piperidine rings is 1. The molecule has 1 aromatic heterocycles. The molecular formula is C25H29ClN2O2S. The highest BCUT2D eigenvalue weighted by Crippen LogP contribution is 2.40. The van der Waals surface area contributed by atoms with E-state index in [4.69, 9.17) is 22.1 Å². The van der Waals surface area contributed by atoms with Crippen molar-refractivity contribution in [3.8, 4) is 5.75 Å². The van der Waals surface area contributed by atoms with Crippen molar-refractivity contribution >= 4 is 44.8 Å². The van der Waals surface area contributed by atoms with Crippen LogP contribution in [0, 0.1) is 0 Å². The van der Waals surface area contributed by atoms with Gasteiger partial charge in [0.05, 0.1) is 0 Å². The van der Waals surface area contributed by atoms with Crippen LogP contribution in [-0.4, -0.2) is 41.8 Å². The Kier molecular flexibility index (Phi) is 6.87. The fourth-order valence-corrected chi connectivity index (χ4v) is 5.93. The summed E-state index contributed by atoms with van der Waals surface area (Å²) in [7, 11) is 0. The van der Waals surface area contributed by atoms with Crippen molar-refractivity contribution in [2.75, 3.05) is 25.4 Å². The minimum absolute atomic E-state index is 0.228. The summed E-state index contributed by atoms with van der Waals surface area (Å²) in [5.74, 6) is 1.19. The van der Waals surface area contributed by atoms with Crippen LogP contribution in [0.25, 0.3) is 16.2 Å². The number of aliphatic hydroxyl groups excluding tert-OH is 1. The second-order valence-electron chi connectivity index (χ2n) is 8.29. The van der Waals surface area contributed by atoms with Gasteiger partial charge in [0, 0.05) is 43.8 Å². The Morgan fingerprint density at radius 3 is 2.90 bits per heavy atom. The highest BCUT2D eigenvalue weighted by Gasteiger charge is 2.29. The molecule has 6 heteroatoms. The lowest BCUT2D eigenvalue weighted by molar-refractivity contribution is 0.0404. The molecule has 31 heavy (non-hydrogen) atoms. The molecule has 2 unspecified atom stereocenters. The highest BCUT2D eigenvalue weighted by atomic mass is 35.5. The average molecular weight is 457 g/mol. The number of ether oxygens (including phenoxy) is 1. The van der Waals surface area contributed by atoms with E-state index < -0.39 is 6.10 Å². The molecule has 4 nitrogen and oxygen atoms in total. The standard InChI is InChI=1S/C25H29ClN2O2S/c1-3-19-22(27)7-5-8-23(19)30-15-18(29)14-28-11-10-17(12-16(28)2)25-13-20-21(26)6-4-9-24(20)31-25/h3-9,13,16-18,29H,1,10-12,14-15,27H2,2H3/t16-,17?,18?/m0/s1. The van der Waals surface area contributed by atoms with Gasteiger partial charge in [-0.2, -0.15) is 0 Å². The van der Waals surface area contributed by atoms with Crippen molar-refractivity contribution in [1.82, 2.24) is 4.90 Å². The van der Waals surface area contributed by atoms with Crippen LogP contribution in [0.5, 0.6) is 5.75 Å². The Labute approximate surface area is 192 Å². The van der Waals surface area contributed by atoms with Crippen LogP contribution in [0.15, 0.2) is 49.0 Å². The molecule has 0 amide bonds. The molecule has 1 saturated heterocycles. The van der Waals surface area contributed by atoms with Gasteiger partial charge in [-0.3, -0.25) is 4.90 Å². The summed E-state index contributed by atoms with van der Waals surface area (Å²) >= 11 is 8.22. The van der Waals surface area contributed by atoms with Gasteiger partial charge in [-0.15, -0.1) is 11.3 Å². The van der Waals surface area contributed by atoms with Gasteiger partial charge in [-0.1, -0.05) is 36.4 Å². The first-order valence-corrected chi connectivity index (χ1v) is 11.9. The number of anilines is 1. The van der Waals surface area contributed by atoms with Gasteiger partial charge in [0.15, 0.2) is 0 Å². The molecule has 1 fully saturated rings. The van der Waals surface area contributed by atoms with E-state index in [0.29, 0.717) is 29.9 Å². The third kappa shape index (κ3) is 4.90. The van der Waals surface area contributed by atoms with Crippen molar-refractivity contribution in [1.29, 1.82) is 0 Å². The summed E-state index contributed by atoms with van der Waals surface area (Å²) < 4.78 is 7.10. The van der Waals surface area contributed by atoms with E-state index in [1.54, 1.807) is 6.08 Å². The Balaban J connectivity index is 1.33. The number of nitrogens with two attached hydrogens (primary N) is 1. The van der Waals surface area contributed by atoms with E-state index in [9.17, 15) is 5.11 Å². The molecule has 0 radical (unpaired) electrons. The number of fused-ring (bicyclic) bond motifs is 1. The zero-order valence-corrected chi connectivity index (χ0v) is 19.3. The molecule has 1 aliphatic rings. The van der Waals surface area contributed by atoms with Gasteiger partial charge in [-0.25, -0.2) is 0 Å². The quantitative estimate of drug-likeness (QED) is 0.442. The lowest BCUT2D eigenvalue weighted by Crippen LogP contribution is -2.45. The Hall–Kier alpha value is -2.05. The minimum Gasteiger partial charge on any atom is -0.490 e. The van der Waals surface area contributed by atoms with Crippen molar-refractivity contribution in [3.05, 3.63) is 64.5 Å². The molecule has 2 heterocycles. The van der Waals surface area contributed by atoms with E-state index in [1.807, 2.05) is 41.7 Å². The molecule has 164 valence electrons. The first kappa shape index (κ1) is 22.2. The van der Waals surface area contributed by atoms with Gasteiger partial charge in [-0.05, 0) is 62.6 Å². The number of benzene rings is 2. The van der Waals surface area contributed by atoms with Crippen LogP contribution in [0.3, 0.4) is 0 Å². The van der Waals surface area contributed by atoms with Gasteiger partial charge < -0.3 is 15.6 Å². The molecule has 0 bridgehead atoms. The molecule has 1 aliphatic heterocycles. The Morgan fingerprint density at radius 1 is 1.35 bits per heavy atom. The number of halogens is 1. The molecule has 4 rings (SSSR count). The van der Waals surface area contributed by atoms with Crippen molar-refractivity contribution < 1.29 is 9.84 Å². The first-order valence-electron chi connectivity index (χ1n) is 10.7. The molecule has 0 spiro atoms. The predicted molar refractivity (Wildman–Crippen MR) is 132 cm³/mol. The summed E-state index contributed by atoms with van der Waals surface area (Å²) in [6, 6.07) is 14.3. The third-order valence-corrected chi connectivity index (χ3v) is 7.72. The van der Waals surface area contributed by atoms with Gasteiger partial charge in [0.1, 0.15) is 18.5 Å². The largest absolute Gasteiger partial charge is 0.490 e. The molecule has 3 atom stereocenters. The smallest absolute Gasteiger partial charge is 0.128 e. The lowest BCUT2D eigenvalue weighted by atomic mass is 9.90. The summed E-state index contributed by atoms with van der Waals surface area (Å²) in [5.41, 5.74) is 7.37. The summed E-state index contributed by atoms with van der Waals surface area (Å²) in [4.78, 5) is 3.77. The van der Waals surface area contributed by atoms with E-state index in [2.05, 4.69) is 30.5 Å². The number of β-amino-alcohol motifs (C(OH)–C–C–N with tert-alkyl or cyclic N) is 1. The molecule has 3 aromatic rings. The number of aliphatic hydroxyl groups is 1. The SMILES string of the molecule is C=Cc1c(N)cccc1OCC(O)CN1CCC(c2cc3c(Cl)cccc3s2)C[C@@H]1C. The number of hydrogen-bond acceptors (Lipinski definition) is 5.